The summed E-state index contributed by atoms with van der Waals surface area (Å²) >= 11 is 0. The Hall–Kier alpha value is -2.22. The van der Waals surface area contributed by atoms with Gasteiger partial charge in [-0.1, -0.05) is 44.2 Å². The molecule has 0 saturated carbocycles. The maximum atomic E-state index is 12.7. The Labute approximate surface area is 179 Å². The van der Waals surface area contributed by atoms with E-state index < -0.39 is 10.0 Å². The molecule has 2 aromatic carbocycles. The van der Waals surface area contributed by atoms with E-state index in [0.29, 0.717) is 42.6 Å². The first-order valence-corrected chi connectivity index (χ1v) is 11.9. The van der Waals surface area contributed by atoms with Crippen LogP contribution in [0.15, 0.2) is 59.5 Å². The van der Waals surface area contributed by atoms with Gasteiger partial charge in [0, 0.05) is 44.3 Å². The monoisotopic (exact) mass is 429 g/mol. The molecule has 3 rings (SSSR count). The summed E-state index contributed by atoms with van der Waals surface area (Å²) in [5.74, 6) is 0.333. The topological polar surface area (TPSA) is 69.7 Å². The van der Waals surface area contributed by atoms with Gasteiger partial charge < -0.3 is 5.32 Å². The first-order chi connectivity index (χ1) is 14.3. The van der Waals surface area contributed by atoms with Crippen LogP contribution in [0.5, 0.6) is 0 Å². The van der Waals surface area contributed by atoms with Crippen molar-refractivity contribution in [3.8, 4) is 0 Å². The van der Waals surface area contributed by atoms with Crippen LogP contribution in [0.2, 0.25) is 0 Å². The minimum atomic E-state index is -3.43. The van der Waals surface area contributed by atoms with E-state index in [1.165, 1.54) is 0 Å². The molecule has 1 atom stereocenters. The number of carbonyl (C=O) groups excluding carboxylic acids is 1. The fraction of sp³-hybridized carbons (Fsp3) is 0.435. The van der Waals surface area contributed by atoms with Crippen LogP contribution < -0.4 is 5.32 Å². The molecule has 1 amide bonds. The standard InChI is InChI=1S/C23H31N3O3S/c1-18(2)19(3)24-23(27)21-11-9-20(10-12-21)17-25-13-15-26(16-14-25)30(28,29)22-7-5-4-6-8-22/h4-12,18-19H,13-17H2,1-3H3,(H,24,27)/t19-/m0/s1. The van der Waals surface area contributed by atoms with Crippen LogP contribution in [0, 0.1) is 5.92 Å². The number of piperazine rings is 1. The summed E-state index contributed by atoms with van der Waals surface area (Å²) in [6.07, 6.45) is 0. The second kappa shape index (κ2) is 9.73. The number of amides is 1. The molecule has 0 aliphatic carbocycles. The first-order valence-electron chi connectivity index (χ1n) is 10.4. The molecule has 0 aromatic heterocycles. The molecule has 1 aliphatic rings. The van der Waals surface area contributed by atoms with Gasteiger partial charge in [-0.2, -0.15) is 4.31 Å². The van der Waals surface area contributed by atoms with Crippen molar-refractivity contribution in [1.29, 1.82) is 0 Å². The van der Waals surface area contributed by atoms with E-state index >= 15 is 0 Å². The fourth-order valence-electron chi connectivity index (χ4n) is 3.35. The zero-order valence-electron chi connectivity index (χ0n) is 17.9. The summed E-state index contributed by atoms with van der Waals surface area (Å²) in [6, 6.07) is 16.4. The molecule has 1 fully saturated rings. The van der Waals surface area contributed by atoms with Gasteiger partial charge in [0.05, 0.1) is 4.90 Å². The van der Waals surface area contributed by atoms with E-state index in [2.05, 4.69) is 24.1 Å². The van der Waals surface area contributed by atoms with Crippen LogP contribution >= 0.6 is 0 Å². The Balaban J connectivity index is 1.53. The summed E-state index contributed by atoms with van der Waals surface area (Å²) in [4.78, 5) is 14.9. The molecular weight excluding hydrogens is 398 g/mol. The third-order valence-corrected chi connectivity index (χ3v) is 7.61. The normalized spacial score (nSPS) is 17.1. The van der Waals surface area contributed by atoms with E-state index in [9.17, 15) is 13.2 Å². The summed E-state index contributed by atoms with van der Waals surface area (Å²) in [5, 5.41) is 3.02. The molecule has 7 heteroatoms. The zero-order chi connectivity index (χ0) is 21.7. The van der Waals surface area contributed by atoms with E-state index in [1.54, 1.807) is 28.6 Å². The third-order valence-electron chi connectivity index (χ3n) is 5.69. The first kappa shape index (κ1) is 22.5. The number of benzene rings is 2. The second-order valence-electron chi connectivity index (χ2n) is 8.20. The Bertz CT molecular complexity index is 935. The summed E-state index contributed by atoms with van der Waals surface area (Å²) in [5.41, 5.74) is 1.77. The van der Waals surface area contributed by atoms with Crippen LogP contribution in [0.4, 0.5) is 0 Å². The smallest absolute Gasteiger partial charge is 0.251 e. The van der Waals surface area contributed by atoms with Gasteiger partial charge in [-0.3, -0.25) is 9.69 Å². The molecule has 0 spiro atoms. The molecule has 1 aliphatic heterocycles. The van der Waals surface area contributed by atoms with Crippen LogP contribution in [-0.2, 0) is 16.6 Å². The Morgan fingerprint density at radius 3 is 2.10 bits per heavy atom. The number of carbonyl (C=O) groups is 1. The molecule has 0 bridgehead atoms. The maximum absolute atomic E-state index is 12.7. The Morgan fingerprint density at radius 1 is 0.933 bits per heavy atom. The number of nitrogens with one attached hydrogen (secondary N) is 1. The van der Waals surface area contributed by atoms with Gasteiger partial charge >= 0.3 is 0 Å². The van der Waals surface area contributed by atoms with Crippen molar-refractivity contribution in [2.24, 2.45) is 5.92 Å². The number of hydrogen-bond donors (Lipinski definition) is 1. The lowest BCUT2D eigenvalue weighted by Gasteiger charge is -2.34. The third kappa shape index (κ3) is 5.47. The van der Waals surface area contributed by atoms with Crippen molar-refractivity contribution in [1.82, 2.24) is 14.5 Å². The van der Waals surface area contributed by atoms with Gasteiger partial charge in [0.2, 0.25) is 10.0 Å². The Morgan fingerprint density at radius 2 is 1.53 bits per heavy atom. The molecule has 162 valence electrons. The minimum absolute atomic E-state index is 0.0533. The van der Waals surface area contributed by atoms with E-state index in [1.807, 2.05) is 37.3 Å². The highest BCUT2D eigenvalue weighted by molar-refractivity contribution is 7.89. The van der Waals surface area contributed by atoms with Gasteiger partial charge in [-0.15, -0.1) is 0 Å². The van der Waals surface area contributed by atoms with Crippen molar-refractivity contribution >= 4 is 15.9 Å². The Kier molecular flexibility index (Phi) is 7.28. The highest BCUT2D eigenvalue weighted by atomic mass is 32.2. The quantitative estimate of drug-likeness (QED) is 0.735. The van der Waals surface area contributed by atoms with Crippen LogP contribution in [0.25, 0.3) is 0 Å². The van der Waals surface area contributed by atoms with Crippen molar-refractivity contribution in [3.63, 3.8) is 0 Å². The molecular formula is C23H31N3O3S. The molecule has 30 heavy (non-hydrogen) atoms. The molecule has 0 unspecified atom stereocenters. The maximum Gasteiger partial charge on any atom is 0.251 e. The fourth-order valence-corrected chi connectivity index (χ4v) is 4.79. The van der Waals surface area contributed by atoms with Crippen molar-refractivity contribution in [2.45, 2.75) is 38.3 Å². The predicted molar refractivity (Wildman–Crippen MR) is 119 cm³/mol. The average molecular weight is 430 g/mol. The number of nitrogens with zero attached hydrogens (tertiary/aromatic N) is 2. The minimum Gasteiger partial charge on any atom is -0.349 e. The van der Waals surface area contributed by atoms with E-state index in [-0.39, 0.29) is 11.9 Å². The van der Waals surface area contributed by atoms with E-state index in [4.69, 9.17) is 0 Å². The van der Waals surface area contributed by atoms with Crippen LogP contribution in [0.3, 0.4) is 0 Å². The molecule has 1 heterocycles. The molecule has 0 radical (unpaired) electrons. The molecule has 6 nitrogen and oxygen atoms in total. The number of hydrogen-bond acceptors (Lipinski definition) is 4. The lowest BCUT2D eigenvalue weighted by atomic mass is 10.1. The van der Waals surface area contributed by atoms with Gasteiger partial charge in [-0.25, -0.2) is 8.42 Å². The van der Waals surface area contributed by atoms with Crippen molar-refractivity contribution < 1.29 is 13.2 Å². The summed E-state index contributed by atoms with van der Waals surface area (Å²) in [6.45, 7) is 9.23. The van der Waals surface area contributed by atoms with Crippen molar-refractivity contribution in [3.05, 3.63) is 65.7 Å². The van der Waals surface area contributed by atoms with Gasteiger partial charge in [0.25, 0.3) is 5.91 Å². The number of sulfonamides is 1. The van der Waals surface area contributed by atoms with Gasteiger partial charge in [-0.05, 0) is 42.7 Å². The largest absolute Gasteiger partial charge is 0.349 e. The summed E-state index contributed by atoms with van der Waals surface area (Å²) in [7, 11) is -3.43. The molecule has 1 N–H and O–H groups in total. The second-order valence-corrected chi connectivity index (χ2v) is 10.1. The predicted octanol–water partition coefficient (Wildman–Crippen LogP) is 2.97. The van der Waals surface area contributed by atoms with Crippen molar-refractivity contribution in [2.75, 3.05) is 26.2 Å². The SMILES string of the molecule is CC(C)[C@H](C)NC(=O)c1ccc(CN2CCN(S(=O)(=O)c3ccccc3)CC2)cc1. The lowest BCUT2D eigenvalue weighted by Crippen LogP contribution is -2.48. The van der Waals surface area contributed by atoms with Crippen LogP contribution in [-0.4, -0.2) is 55.8 Å². The van der Waals surface area contributed by atoms with Gasteiger partial charge in [0.15, 0.2) is 0 Å². The van der Waals surface area contributed by atoms with Gasteiger partial charge in [0.1, 0.15) is 0 Å². The number of rotatable bonds is 7. The van der Waals surface area contributed by atoms with Crippen LogP contribution in [0.1, 0.15) is 36.7 Å². The summed E-state index contributed by atoms with van der Waals surface area (Å²) < 4.78 is 27.0. The lowest BCUT2D eigenvalue weighted by molar-refractivity contribution is 0.0930. The molecule has 2 aromatic rings. The van der Waals surface area contributed by atoms with E-state index in [0.717, 1.165) is 12.1 Å². The average Bonchev–Trinajstić information content (AvgIpc) is 2.75. The highest BCUT2D eigenvalue weighted by Gasteiger charge is 2.28. The highest BCUT2D eigenvalue weighted by Crippen LogP contribution is 2.18. The zero-order valence-corrected chi connectivity index (χ0v) is 18.7. The molecule has 1 saturated heterocycles.